The van der Waals surface area contributed by atoms with E-state index in [2.05, 4.69) is 5.32 Å². The fourth-order valence-electron chi connectivity index (χ4n) is 4.76. The van der Waals surface area contributed by atoms with Crippen molar-refractivity contribution in [1.82, 2.24) is 5.32 Å². The van der Waals surface area contributed by atoms with Crippen molar-refractivity contribution in [2.45, 2.75) is 101 Å². The fraction of sp³-hybridized carbons (Fsp3) is 1.00. The zero-order chi connectivity index (χ0) is 13.6. The Balaban J connectivity index is 1.61. The highest BCUT2D eigenvalue weighted by molar-refractivity contribution is 7.59. The summed E-state index contributed by atoms with van der Waals surface area (Å²) in [5, 5.41) is 3.84. The van der Waals surface area contributed by atoms with Gasteiger partial charge >= 0.3 is 0 Å². The second-order valence-electron chi connectivity index (χ2n) is 7.43. The van der Waals surface area contributed by atoms with Crippen LogP contribution in [-0.4, -0.2) is 30.1 Å². The molecule has 20 heavy (non-hydrogen) atoms. The lowest BCUT2D eigenvalue weighted by Gasteiger charge is -2.41. The van der Waals surface area contributed by atoms with Crippen LogP contribution < -0.4 is 5.32 Å². The van der Waals surface area contributed by atoms with Gasteiger partial charge in [-0.2, -0.15) is 0 Å². The molecule has 1 saturated heterocycles. The average Bonchev–Trinajstić information content (AvgIpc) is 2.55. The van der Waals surface area contributed by atoms with Gasteiger partial charge in [-0.15, -0.1) is 0 Å². The van der Waals surface area contributed by atoms with Crippen molar-refractivity contribution in [2.75, 3.05) is 12.7 Å². The van der Waals surface area contributed by atoms with Crippen molar-refractivity contribution >= 4 is 7.92 Å². The number of hydrogen-bond donors (Lipinski definition) is 1. The van der Waals surface area contributed by atoms with E-state index in [-0.39, 0.29) is 0 Å². The molecule has 3 fully saturated rings. The van der Waals surface area contributed by atoms with Crippen molar-refractivity contribution in [3.8, 4) is 0 Å². The van der Waals surface area contributed by atoms with E-state index in [1.807, 2.05) is 0 Å². The average molecular weight is 295 g/mol. The summed E-state index contributed by atoms with van der Waals surface area (Å²) >= 11 is 0. The number of nitrogens with one attached hydrogen (secondary N) is 1. The van der Waals surface area contributed by atoms with Crippen LogP contribution in [0.3, 0.4) is 0 Å². The Kier molecular flexibility index (Phi) is 6.22. The molecule has 0 bridgehead atoms. The summed E-state index contributed by atoms with van der Waals surface area (Å²) in [6, 6.07) is 0.888. The molecule has 2 heteroatoms. The molecule has 0 aromatic carbocycles. The van der Waals surface area contributed by atoms with E-state index in [0.717, 1.165) is 17.4 Å². The second-order valence-corrected chi connectivity index (χ2v) is 10.3. The van der Waals surface area contributed by atoms with Gasteiger partial charge < -0.3 is 5.32 Å². The first-order valence-corrected chi connectivity index (χ1v) is 11.1. The van der Waals surface area contributed by atoms with E-state index in [1.165, 1.54) is 64.3 Å². The summed E-state index contributed by atoms with van der Waals surface area (Å²) in [5.74, 6) is 0. The summed E-state index contributed by atoms with van der Waals surface area (Å²) in [6.07, 6.45) is 21.4. The third kappa shape index (κ3) is 4.20. The molecule has 116 valence electrons. The van der Waals surface area contributed by atoms with E-state index in [0.29, 0.717) is 7.92 Å². The van der Waals surface area contributed by atoms with Crippen LogP contribution in [0.5, 0.6) is 0 Å². The maximum absolute atomic E-state index is 3.84. The van der Waals surface area contributed by atoms with Crippen LogP contribution in [0.15, 0.2) is 0 Å². The van der Waals surface area contributed by atoms with Crippen LogP contribution in [0.1, 0.15) is 83.5 Å². The third-order valence-electron chi connectivity index (χ3n) is 5.93. The summed E-state index contributed by atoms with van der Waals surface area (Å²) in [5.41, 5.74) is 2.29. The predicted octanol–water partition coefficient (Wildman–Crippen LogP) is 5.28. The lowest BCUT2D eigenvalue weighted by Crippen LogP contribution is -2.38. The second kappa shape index (κ2) is 8.14. The maximum Gasteiger partial charge on any atom is 0.0106 e. The van der Waals surface area contributed by atoms with Crippen molar-refractivity contribution in [3.05, 3.63) is 0 Å². The van der Waals surface area contributed by atoms with Gasteiger partial charge in [0, 0.05) is 6.04 Å². The van der Waals surface area contributed by atoms with Crippen molar-refractivity contribution in [2.24, 2.45) is 0 Å². The van der Waals surface area contributed by atoms with Crippen LogP contribution in [-0.2, 0) is 0 Å². The molecule has 0 amide bonds. The summed E-state index contributed by atoms with van der Waals surface area (Å²) < 4.78 is 0. The molecule has 3 rings (SSSR count). The molecule has 1 N–H and O–H groups in total. The van der Waals surface area contributed by atoms with Gasteiger partial charge in [-0.05, 0) is 62.5 Å². The van der Waals surface area contributed by atoms with Gasteiger partial charge in [-0.25, -0.2) is 0 Å². The highest BCUT2D eigenvalue weighted by Gasteiger charge is 2.32. The summed E-state index contributed by atoms with van der Waals surface area (Å²) in [7, 11) is 0.318. The Hall–Kier alpha value is 0.390. The van der Waals surface area contributed by atoms with E-state index < -0.39 is 0 Å². The number of piperidine rings is 1. The Morgan fingerprint density at radius 1 is 0.650 bits per heavy atom. The highest BCUT2D eigenvalue weighted by Crippen LogP contribution is 2.56. The van der Waals surface area contributed by atoms with E-state index in [9.17, 15) is 0 Å². The molecule has 0 radical (unpaired) electrons. The lowest BCUT2D eigenvalue weighted by atomic mass is 9.99. The van der Waals surface area contributed by atoms with E-state index in [4.69, 9.17) is 0 Å². The molecular weight excluding hydrogens is 261 g/mol. The van der Waals surface area contributed by atoms with Crippen LogP contribution in [0, 0.1) is 0 Å². The van der Waals surface area contributed by atoms with Crippen LogP contribution in [0.2, 0.25) is 0 Å². The first kappa shape index (κ1) is 15.3. The minimum atomic E-state index is 0.318. The molecule has 1 atom stereocenters. The highest BCUT2D eigenvalue weighted by atomic mass is 31.1. The lowest BCUT2D eigenvalue weighted by molar-refractivity contribution is 0.422. The minimum absolute atomic E-state index is 0.318. The molecule has 0 aromatic heterocycles. The molecule has 0 spiro atoms. The largest absolute Gasteiger partial charge is 0.314 e. The molecule has 0 aromatic rings. The molecular formula is C18H34NP. The third-order valence-corrected chi connectivity index (χ3v) is 9.70. The number of hydrogen-bond acceptors (Lipinski definition) is 1. The Morgan fingerprint density at radius 3 is 1.70 bits per heavy atom. The van der Waals surface area contributed by atoms with Crippen LogP contribution in [0.25, 0.3) is 0 Å². The summed E-state index contributed by atoms with van der Waals surface area (Å²) in [6.45, 7) is 1.29. The molecule has 1 aliphatic heterocycles. The number of rotatable bonds is 4. The van der Waals surface area contributed by atoms with E-state index >= 15 is 0 Å². The van der Waals surface area contributed by atoms with Gasteiger partial charge in [-0.3, -0.25) is 0 Å². The van der Waals surface area contributed by atoms with Gasteiger partial charge in [0.2, 0.25) is 0 Å². The zero-order valence-corrected chi connectivity index (χ0v) is 14.2. The molecule has 1 unspecified atom stereocenters. The fourth-order valence-corrected chi connectivity index (χ4v) is 8.83. The smallest absolute Gasteiger partial charge is 0.0106 e. The molecule has 1 nitrogen and oxygen atoms in total. The van der Waals surface area contributed by atoms with Gasteiger partial charge in [0.15, 0.2) is 0 Å². The Labute approximate surface area is 127 Å². The molecule has 2 aliphatic carbocycles. The zero-order valence-electron chi connectivity index (χ0n) is 13.3. The van der Waals surface area contributed by atoms with Crippen molar-refractivity contribution < 1.29 is 0 Å². The monoisotopic (exact) mass is 295 g/mol. The van der Waals surface area contributed by atoms with Gasteiger partial charge in [-0.1, -0.05) is 52.9 Å². The SMILES string of the molecule is C1CCC(P(CC2CCCCN2)C2CCCCC2)CC1. The van der Waals surface area contributed by atoms with Crippen LogP contribution >= 0.6 is 7.92 Å². The Bertz CT molecular complexity index is 245. The van der Waals surface area contributed by atoms with Crippen molar-refractivity contribution in [1.29, 1.82) is 0 Å². The maximum atomic E-state index is 3.84. The van der Waals surface area contributed by atoms with Gasteiger partial charge in [0.1, 0.15) is 0 Å². The van der Waals surface area contributed by atoms with Crippen molar-refractivity contribution in [3.63, 3.8) is 0 Å². The summed E-state index contributed by atoms with van der Waals surface area (Å²) in [4.78, 5) is 0. The molecule has 2 saturated carbocycles. The molecule has 1 heterocycles. The van der Waals surface area contributed by atoms with E-state index in [1.54, 1.807) is 31.8 Å². The minimum Gasteiger partial charge on any atom is -0.314 e. The quantitative estimate of drug-likeness (QED) is 0.696. The first-order valence-electron chi connectivity index (χ1n) is 9.42. The van der Waals surface area contributed by atoms with Gasteiger partial charge in [0.05, 0.1) is 0 Å². The molecule has 3 aliphatic rings. The predicted molar refractivity (Wildman–Crippen MR) is 91.2 cm³/mol. The van der Waals surface area contributed by atoms with Crippen LogP contribution in [0.4, 0.5) is 0 Å². The standard InChI is InChI=1S/C18H34NP/c1-3-10-17(11-4-1)20(18-12-5-2-6-13-18)15-16-9-7-8-14-19-16/h16-19H,1-15H2. The first-order chi connectivity index (χ1) is 9.93. The normalized spacial score (nSPS) is 30.8. The topological polar surface area (TPSA) is 12.0 Å². The Morgan fingerprint density at radius 2 is 1.20 bits per heavy atom. The van der Waals surface area contributed by atoms with Gasteiger partial charge in [0.25, 0.3) is 0 Å².